The van der Waals surface area contributed by atoms with Crippen LogP contribution in [0.15, 0.2) is 17.0 Å². The van der Waals surface area contributed by atoms with Crippen LogP contribution in [0.3, 0.4) is 0 Å². The molecule has 0 aliphatic carbocycles. The van der Waals surface area contributed by atoms with E-state index in [1.165, 1.54) is 0 Å². The summed E-state index contributed by atoms with van der Waals surface area (Å²) in [5.74, 6) is 0.860. The Morgan fingerprint density at radius 1 is 1.26 bits per heavy atom. The normalized spacial score (nSPS) is 20.1. The van der Waals surface area contributed by atoms with Gasteiger partial charge < -0.3 is 10.1 Å². The van der Waals surface area contributed by atoms with E-state index < -0.39 is 10.0 Å². The predicted molar refractivity (Wildman–Crippen MR) is 72.0 cm³/mol. The van der Waals surface area contributed by atoms with Crippen molar-refractivity contribution in [2.45, 2.75) is 18.2 Å². The number of rotatable bonds is 2. The van der Waals surface area contributed by atoms with Crippen molar-refractivity contribution in [1.29, 1.82) is 0 Å². The molecule has 5 nitrogen and oxygen atoms in total. The fourth-order valence-corrected chi connectivity index (χ4v) is 4.23. The zero-order valence-corrected chi connectivity index (χ0v) is 11.8. The number of ether oxygens (including phenoxy) is 1. The van der Waals surface area contributed by atoms with Gasteiger partial charge in [0.25, 0.3) is 0 Å². The largest absolute Gasteiger partial charge is 0.493 e. The zero-order chi connectivity index (χ0) is 13.5. The van der Waals surface area contributed by atoms with Crippen molar-refractivity contribution < 1.29 is 13.2 Å². The molecule has 1 N–H and O–H groups in total. The van der Waals surface area contributed by atoms with Crippen LogP contribution in [-0.2, 0) is 16.4 Å². The predicted octanol–water partition coefficient (Wildman–Crippen LogP) is 0.524. The molecule has 0 amide bonds. The van der Waals surface area contributed by atoms with E-state index in [9.17, 15) is 8.42 Å². The molecule has 2 aliphatic heterocycles. The third-order valence-corrected chi connectivity index (χ3v) is 5.53. The molecule has 0 unspecified atom stereocenters. The van der Waals surface area contributed by atoms with Crippen molar-refractivity contribution in [2.75, 3.05) is 32.8 Å². The minimum atomic E-state index is -3.37. The summed E-state index contributed by atoms with van der Waals surface area (Å²) in [5, 5.41) is 3.17. The lowest BCUT2D eigenvalue weighted by Gasteiger charge is -2.26. The highest BCUT2D eigenvalue weighted by Gasteiger charge is 2.28. The molecule has 6 heteroatoms. The van der Waals surface area contributed by atoms with Gasteiger partial charge >= 0.3 is 0 Å². The van der Waals surface area contributed by atoms with Gasteiger partial charge in [-0.1, -0.05) is 0 Å². The highest BCUT2D eigenvalue weighted by molar-refractivity contribution is 7.89. The van der Waals surface area contributed by atoms with Crippen molar-refractivity contribution in [3.8, 4) is 5.75 Å². The topological polar surface area (TPSA) is 58.6 Å². The van der Waals surface area contributed by atoms with Crippen LogP contribution in [0.25, 0.3) is 0 Å². The first kappa shape index (κ1) is 12.9. The van der Waals surface area contributed by atoms with Crippen LogP contribution in [0.1, 0.15) is 11.1 Å². The van der Waals surface area contributed by atoms with Crippen molar-refractivity contribution >= 4 is 10.0 Å². The molecule has 0 saturated carbocycles. The van der Waals surface area contributed by atoms with Gasteiger partial charge in [0.15, 0.2) is 0 Å². The maximum absolute atomic E-state index is 12.6. The van der Waals surface area contributed by atoms with Gasteiger partial charge in [-0.3, -0.25) is 0 Å². The Hall–Kier alpha value is -1.11. The first-order chi connectivity index (χ1) is 9.09. The minimum absolute atomic E-state index is 0.399. The van der Waals surface area contributed by atoms with Crippen LogP contribution in [0.2, 0.25) is 0 Å². The average Bonchev–Trinajstić information content (AvgIpc) is 2.88. The molecule has 0 spiro atoms. The Kier molecular flexibility index (Phi) is 3.24. The fourth-order valence-electron chi connectivity index (χ4n) is 2.65. The first-order valence-corrected chi connectivity index (χ1v) is 8.00. The minimum Gasteiger partial charge on any atom is -0.493 e. The smallest absolute Gasteiger partial charge is 0.243 e. The molecule has 2 heterocycles. The van der Waals surface area contributed by atoms with Gasteiger partial charge in [-0.2, -0.15) is 4.31 Å². The second kappa shape index (κ2) is 4.77. The lowest BCUT2D eigenvalue weighted by Crippen LogP contribution is -2.46. The Labute approximate surface area is 113 Å². The molecule has 0 atom stereocenters. The van der Waals surface area contributed by atoms with E-state index in [1.807, 2.05) is 6.92 Å². The Morgan fingerprint density at radius 3 is 2.74 bits per heavy atom. The zero-order valence-electron chi connectivity index (χ0n) is 11.0. The second-order valence-electron chi connectivity index (χ2n) is 4.98. The van der Waals surface area contributed by atoms with E-state index in [0.717, 1.165) is 23.3 Å². The molecule has 1 aromatic carbocycles. The van der Waals surface area contributed by atoms with Crippen molar-refractivity contribution in [2.24, 2.45) is 0 Å². The number of piperazine rings is 1. The van der Waals surface area contributed by atoms with Crippen LogP contribution in [0.4, 0.5) is 0 Å². The molecular weight excluding hydrogens is 264 g/mol. The van der Waals surface area contributed by atoms with Crippen molar-refractivity contribution in [1.82, 2.24) is 9.62 Å². The Bertz CT molecular complexity index is 592. The van der Waals surface area contributed by atoms with Crippen LogP contribution >= 0.6 is 0 Å². The van der Waals surface area contributed by atoms with Gasteiger partial charge in [-0.25, -0.2) is 8.42 Å². The summed E-state index contributed by atoms with van der Waals surface area (Å²) in [7, 11) is -3.37. The highest BCUT2D eigenvalue weighted by atomic mass is 32.2. The summed E-state index contributed by atoms with van der Waals surface area (Å²) >= 11 is 0. The van der Waals surface area contributed by atoms with Gasteiger partial charge in [-0.05, 0) is 30.2 Å². The second-order valence-corrected chi connectivity index (χ2v) is 6.92. The number of fused-ring (bicyclic) bond motifs is 1. The maximum atomic E-state index is 12.6. The molecule has 19 heavy (non-hydrogen) atoms. The summed E-state index contributed by atoms with van der Waals surface area (Å²) in [6.45, 7) is 5.05. The van der Waals surface area contributed by atoms with E-state index >= 15 is 0 Å². The first-order valence-electron chi connectivity index (χ1n) is 6.56. The van der Waals surface area contributed by atoms with E-state index in [-0.39, 0.29) is 0 Å². The van der Waals surface area contributed by atoms with E-state index in [4.69, 9.17) is 4.74 Å². The summed E-state index contributed by atoms with van der Waals surface area (Å²) in [5.41, 5.74) is 1.91. The van der Waals surface area contributed by atoms with Crippen LogP contribution in [-0.4, -0.2) is 45.5 Å². The fraction of sp³-hybridized carbons (Fsp3) is 0.538. The molecule has 0 radical (unpaired) electrons. The molecular formula is C13H18N2O3S. The number of nitrogens with zero attached hydrogens (tertiary/aromatic N) is 1. The third-order valence-electron chi connectivity index (χ3n) is 3.66. The molecule has 1 aromatic rings. The summed E-state index contributed by atoms with van der Waals surface area (Å²) in [6, 6.07) is 3.49. The number of hydrogen-bond acceptors (Lipinski definition) is 4. The number of hydrogen-bond donors (Lipinski definition) is 1. The molecule has 3 rings (SSSR count). The summed E-state index contributed by atoms with van der Waals surface area (Å²) < 4.78 is 32.3. The van der Waals surface area contributed by atoms with Gasteiger partial charge in [0.05, 0.1) is 11.5 Å². The summed E-state index contributed by atoms with van der Waals surface area (Å²) in [4.78, 5) is 0.399. The lowest BCUT2D eigenvalue weighted by molar-refractivity contribution is 0.354. The molecule has 0 aromatic heterocycles. The van der Waals surface area contributed by atoms with Crippen molar-refractivity contribution in [3.63, 3.8) is 0 Å². The summed E-state index contributed by atoms with van der Waals surface area (Å²) in [6.07, 6.45) is 0.793. The SMILES string of the molecule is Cc1cc(S(=O)(=O)N2CCNCC2)cc2c1OCC2. The quantitative estimate of drug-likeness (QED) is 0.859. The molecule has 0 bridgehead atoms. The number of sulfonamides is 1. The van der Waals surface area contributed by atoms with Gasteiger partial charge in [-0.15, -0.1) is 0 Å². The van der Waals surface area contributed by atoms with E-state index in [1.54, 1.807) is 16.4 Å². The molecule has 1 fully saturated rings. The molecule has 104 valence electrons. The molecule has 2 aliphatic rings. The van der Waals surface area contributed by atoms with Crippen molar-refractivity contribution in [3.05, 3.63) is 23.3 Å². The van der Waals surface area contributed by atoms with Crippen LogP contribution < -0.4 is 10.1 Å². The van der Waals surface area contributed by atoms with E-state index in [2.05, 4.69) is 5.32 Å². The standard InChI is InChI=1S/C13H18N2O3S/c1-10-8-12(9-11-2-7-18-13(10)11)19(16,17)15-5-3-14-4-6-15/h8-9,14H,2-7H2,1H3. The highest BCUT2D eigenvalue weighted by Crippen LogP contribution is 2.32. The lowest BCUT2D eigenvalue weighted by atomic mass is 10.1. The van der Waals surface area contributed by atoms with Gasteiger partial charge in [0.2, 0.25) is 10.0 Å². The maximum Gasteiger partial charge on any atom is 0.243 e. The number of nitrogens with one attached hydrogen (secondary N) is 1. The van der Waals surface area contributed by atoms with Gasteiger partial charge in [0, 0.05) is 32.6 Å². The number of benzene rings is 1. The van der Waals surface area contributed by atoms with Gasteiger partial charge in [0.1, 0.15) is 5.75 Å². The van der Waals surface area contributed by atoms with Crippen LogP contribution in [0.5, 0.6) is 5.75 Å². The monoisotopic (exact) mass is 282 g/mol. The van der Waals surface area contributed by atoms with Crippen LogP contribution in [0, 0.1) is 6.92 Å². The van der Waals surface area contributed by atoms with E-state index in [0.29, 0.717) is 37.7 Å². The Balaban J connectivity index is 1.99. The average molecular weight is 282 g/mol. The molecule has 1 saturated heterocycles. The Morgan fingerprint density at radius 2 is 2.00 bits per heavy atom. The third kappa shape index (κ3) is 2.24. The number of aryl methyl sites for hydroxylation is 1.